The molecule has 0 aliphatic rings. The Bertz CT molecular complexity index is 477. The molecule has 1 rings (SSSR count). The number of nitrogens with one attached hydrogen (secondary N) is 2. The molecule has 3 N–H and O–H groups in total. The van der Waals surface area contributed by atoms with Crippen molar-refractivity contribution >= 4 is 23.6 Å². The molecule has 2 amide bonds. The van der Waals surface area contributed by atoms with Crippen LogP contribution in [0.2, 0.25) is 5.02 Å². The van der Waals surface area contributed by atoms with E-state index in [0.717, 1.165) is 5.56 Å². The minimum atomic E-state index is -0.935. The molecule has 0 bridgehead atoms. The molecular weight excluding hydrogens is 280 g/mol. The van der Waals surface area contributed by atoms with Crippen molar-refractivity contribution in [3.05, 3.63) is 34.9 Å². The van der Waals surface area contributed by atoms with Gasteiger partial charge in [0.1, 0.15) is 0 Å². The molecule has 0 spiro atoms. The summed E-state index contributed by atoms with van der Waals surface area (Å²) in [5, 5.41) is 14.7. The number of benzene rings is 1. The van der Waals surface area contributed by atoms with Gasteiger partial charge in [0.05, 0.1) is 6.42 Å². The first kappa shape index (κ1) is 16.3. The molecule has 0 aliphatic heterocycles. The van der Waals surface area contributed by atoms with Crippen molar-refractivity contribution in [3.8, 4) is 0 Å². The molecule has 0 aromatic heterocycles. The molecule has 0 saturated heterocycles. The van der Waals surface area contributed by atoms with Crippen LogP contribution in [0.1, 0.15) is 25.8 Å². The predicted molar refractivity (Wildman–Crippen MR) is 77.7 cm³/mol. The number of carbonyl (C=O) groups excluding carboxylic acids is 1. The van der Waals surface area contributed by atoms with Crippen LogP contribution in [0.25, 0.3) is 0 Å². The number of halogens is 1. The fourth-order valence-electron chi connectivity index (χ4n) is 1.68. The highest BCUT2D eigenvalue weighted by atomic mass is 35.5. The summed E-state index contributed by atoms with van der Waals surface area (Å²) >= 11 is 5.98. The zero-order valence-electron chi connectivity index (χ0n) is 11.5. The van der Waals surface area contributed by atoms with Crippen LogP contribution in [-0.4, -0.2) is 23.1 Å². The topological polar surface area (TPSA) is 78.4 Å². The van der Waals surface area contributed by atoms with Gasteiger partial charge in [0.15, 0.2) is 0 Å². The fourth-order valence-corrected chi connectivity index (χ4v) is 1.88. The van der Waals surface area contributed by atoms with Crippen LogP contribution in [-0.2, 0) is 11.3 Å². The average molecular weight is 299 g/mol. The summed E-state index contributed by atoms with van der Waals surface area (Å²) < 4.78 is 0. The number of hydrogen-bond donors (Lipinski definition) is 3. The van der Waals surface area contributed by atoms with E-state index in [1.807, 2.05) is 32.0 Å². The van der Waals surface area contributed by atoms with Crippen LogP contribution >= 0.6 is 11.6 Å². The summed E-state index contributed by atoms with van der Waals surface area (Å²) in [7, 11) is 0. The number of carbonyl (C=O) groups is 2. The second-order valence-corrected chi connectivity index (χ2v) is 5.27. The molecule has 6 heteroatoms. The molecule has 20 heavy (non-hydrogen) atoms. The number of rotatable bonds is 6. The summed E-state index contributed by atoms with van der Waals surface area (Å²) in [5.41, 5.74) is 0.809. The number of hydrogen-bond acceptors (Lipinski definition) is 2. The third kappa shape index (κ3) is 5.48. The second kappa shape index (κ2) is 7.75. The first-order valence-electron chi connectivity index (χ1n) is 6.39. The Hall–Kier alpha value is -1.75. The highest BCUT2D eigenvalue weighted by Crippen LogP contribution is 2.14. The molecule has 110 valence electrons. The van der Waals surface area contributed by atoms with E-state index in [4.69, 9.17) is 16.7 Å². The van der Waals surface area contributed by atoms with E-state index >= 15 is 0 Å². The Balaban J connectivity index is 2.50. The number of amides is 2. The third-order valence-electron chi connectivity index (χ3n) is 2.91. The van der Waals surface area contributed by atoms with Crippen LogP contribution in [0.4, 0.5) is 4.79 Å². The smallest absolute Gasteiger partial charge is 0.315 e. The minimum Gasteiger partial charge on any atom is -0.481 e. The van der Waals surface area contributed by atoms with E-state index in [9.17, 15) is 9.59 Å². The van der Waals surface area contributed by atoms with Crippen molar-refractivity contribution in [2.24, 2.45) is 5.92 Å². The van der Waals surface area contributed by atoms with Crippen LogP contribution < -0.4 is 10.6 Å². The Morgan fingerprint density at radius 1 is 1.30 bits per heavy atom. The van der Waals surface area contributed by atoms with Gasteiger partial charge in [-0.05, 0) is 17.5 Å². The van der Waals surface area contributed by atoms with Crippen LogP contribution in [0.3, 0.4) is 0 Å². The van der Waals surface area contributed by atoms with Crippen molar-refractivity contribution in [2.75, 3.05) is 0 Å². The van der Waals surface area contributed by atoms with E-state index in [-0.39, 0.29) is 12.3 Å². The van der Waals surface area contributed by atoms with E-state index in [1.54, 1.807) is 6.07 Å². The summed E-state index contributed by atoms with van der Waals surface area (Å²) in [6.45, 7) is 4.02. The lowest BCUT2D eigenvalue weighted by molar-refractivity contribution is -0.137. The molecule has 1 atom stereocenters. The van der Waals surface area contributed by atoms with E-state index in [0.29, 0.717) is 11.6 Å². The second-order valence-electron chi connectivity index (χ2n) is 4.87. The Morgan fingerprint density at radius 3 is 2.50 bits per heavy atom. The zero-order valence-corrected chi connectivity index (χ0v) is 12.3. The molecule has 1 unspecified atom stereocenters. The van der Waals surface area contributed by atoms with E-state index in [1.165, 1.54) is 0 Å². The molecule has 0 saturated carbocycles. The Morgan fingerprint density at radius 2 is 1.95 bits per heavy atom. The molecule has 1 aromatic rings. The van der Waals surface area contributed by atoms with E-state index < -0.39 is 18.0 Å². The molecule has 5 nitrogen and oxygen atoms in total. The summed E-state index contributed by atoms with van der Waals surface area (Å²) in [5.74, 6) is -0.896. The zero-order chi connectivity index (χ0) is 15.1. The SMILES string of the molecule is CC(C)C(CC(=O)O)NC(=O)NCc1ccccc1Cl. The monoisotopic (exact) mass is 298 g/mol. The van der Waals surface area contributed by atoms with Gasteiger partial charge in [-0.25, -0.2) is 4.79 Å². The maximum atomic E-state index is 11.8. The highest BCUT2D eigenvalue weighted by Gasteiger charge is 2.19. The quantitative estimate of drug-likeness (QED) is 0.755. The van der Waals surface area contributed by atoms with Crippen molar-refractivity contribution in [1.82, 2.24) is 10.6 Å². The third-order valence-corrected chi connectivity index (χ3v) is 3.28. The molecule has 0 fully saturated rings. The van der Waals surface area contributed by atoms with Gasteiger partial charge in [-0.1, -0.05) is 43.6 Å². The standard InChI is InChI=1S/C14H19ClN2O3/c1-9(2)12(7-13(18)19)17-14(20)16-8-10-5-3-4-6-11(10)15/h3-6,9,12H,7-8H2,1-2H3,(H,18,19)(H2,16,17,20). The maximum absolute atomic E-state index is 11.8. The largest absolute Gasteiger partial charge is 0.481 e. The van der Waals surface area contributed by atoms with Crippen LogP contribution in [0, 0.1) is 5.92 Å². The van der Waals surface area contributed by atoms with Gasteiger partial charge in [-0.15, -0.1) is 0 Å². The summed E-state index contributed by atoms with van der Waals surface area (Å²) in [6.07, 6.45) is -0.100. The maximum Gasteiger partial charge on any atom is 0.315 e. The van der Waals surface area contributed by atoms with Gasteiger partial charge in [0, 0.05) is 17.6 Å². The number of carboxylic acid groups (broad SMARTS) is 1. The normalized spacial score (nSPS) is 12.0. The summed E-state index contributed by atoms with van der Waals surface area (Å²) in [4.78, 5) is 22.5. The van der Waals surface area contributed by atoms with Gasteiger partial charge in [-0.2, -0.15) is 0 Å². The first-order chi connectivity index (χ1) is 9.40. The fraction of sp³-hybridized carbons (Fsp3) is 0.429. The molecule has 1 aromatic carbocycles. The van der Waals surface area contributed by atoms with Gasteiger partial charge in [-0.3, -0.25) is 4.79 Å². The predicted octanol–water partition coefficient (Wildman–Crippen LogP) is 2.64. The van der Waals surface area contributed by atoms with Crippen LogP contribution in [0.5, 0.6) is 0 Å². The molecular formula is C14H19ClN2O3. The van der Waals surface area contributed by atoms with E-state index in [2.05, 4.69) is 10.6 Å². The van der Waals surface area contributed by atoms with Crippen molar-refractivity contribution < 1.29 is 14.7 Å². The van der Waals surface area contributed by atoms with Crippen molar-refractivity contribution in [1.29, 1.82) is 0 Å². The lowest BCUT2D eigenvalue weighted by Crippen LogP contribution is -2.45. The lowest BCUT2D eigenvalue weighted by atomic mass is 10.0. The van der Waals surface area contributed by atoms with Gasteiger partial charge < -0.3 is 15.7 Å². The lowest BCUT2D eigenvalue weighted by Gasteiger charge is -2.21. The average Bonchev–Trinajstić information content (AvgIpc) is 2.36. The molecule has 0 radical (unpaired) electrons. The van der Waals surface area contributed by atoms with Crippen LogP contribution in [0.15, 0.2) is 24.3 Å². The van der Waals surface area contributed by atoms with Crippen molar-refractivity contribution in [3.63, 3.8) is 0 Å². The highest BCUT2D eigenvalue weighted by molar-refractivity contribution is 6.31. The number of aliphatic carboxylic acids is 1. The Kier molecular flexibility index (Phi) is 6.31. The van der Waals surface area contributed by atoms with Gasteiger partial charge >= 0.3 is 12.0 Å². The number of urea groups is 1. The number of carboxylic acids is 1. The summed E-state index contributed by atoms with van der Waals surface area (Å²) in [6, 6.07) is 6.41. The van der Waals surface area contributed by atoms with Gasteiger partial charge in [0.2, 0.25) is 0 Å². The first-order valence-corrected chi connectivity index (χ1v) is 6.77. The molecule has 0 heterocycles. The van der Waals surface area contributed by atoms with Gasteiger partial charge in [0.25, 0.3) is 0 Å². The Labute approximate surface area is 123 Å². The molecule has 0 aliphatic carbocycles. The minimum absolute atomic E-state index is 0.0390. The van der Waals surface area contributed by atoms with Crippen molar-refractivity contribution in [2.45, 2.75) is 32.9 Å².